The number of hydrogen-bond acceptors (Lipinski definition) is 3. The van der Waals surface area contributed by atoms with Gasteiger partial charge in [0.25, 0.3) is 5.91 Å². The third-order valence-electron chi connectivity index (χ3n) is 2.76. The standard InChI is InChI=1S/C14H21NO3/c1-5-18-14(3,4)9-15-13(17)11-7-6-8-12(16)10(11)2/h6-8,16H,5,9H2,1-4H3,(H,15,17). The Morgan fingerprint density at radius 2 is 2.11 bits per heavy atom. The lowest BCUT2D eigenvalue weighted by Crippen LogP contribution is -2.40. The first-order valence-electron chi connectivity index (χ1n) is 6.08. The molecule has 0 aromatic heterocycles. The molecule has 1 rings (SSSR count). The molecule has 0 atom stereocenters. The van der Waals surface area contributed by atoms with Crippen molar-refractivity contribution in [3.8, 4) is 5.75 Å². The second-order valence-corrected chi connectivity index (χ2v) is 4.83. The van der Waals surface area contributed by atoms with Crippen molar-refractivity contribution in [2.45, 2.75) is 33.3 Å². The van der Waals surface area contributed by atoms with Gasteiger partial charge in [0.2, 0.25) is 0 Å². The van der Waals surface area contributed by atoms with Crippen molar-refractivity contribution in [3.05, 3.63) is 29.3 Å². The van der Waals surface area contributed by atoms with Gasteiger partial charge < -0.3 is 15.2 Å². The zero-order chi connectivity index (χ0) is 13.8. The molecule has 18 heavy (non-hydrogen) atoms. The Hall–Kier alpha value is -1.55. The highest BCUT2D eigenvalue weighted by atomic mass is 16.5. The zero-order valence-corrected chi connectivity index (χ0v) is 11.4. The van der Waals surface area contributed by atoms with E-state index in [2.05, 4.69) is 5.32 Å². The summed E-state index contributed by atoms with van der Waals surface area (Å²) in [6, 6.07) is 4.92. The lowest BCUT2D eigenvalue weighted by atomic mass is 10.1. The van der Waals surface area contributed by atoms with E-state index in [4.69, 9.17) is 4.74 Å². The van der Waals surface area contributed by atoms with E-state index in [1.54, 1.807) is 25.1 Å². The maximum atomic E-state index is 12.0. The van der Waals surface area contributed by atoms with Gasteiger partial charge in [-0.3, -0.25) is 4.79 Å². The molecule has 0 aliphatic carbocycles. The molecule has 0 radical (unpaired) electrons. The van der Waals surface area contributed by atoms with Crippen LogP contribution in [0.25, 0.3) is 0 Å². The predicted octanol–water partition coefficient (Wildman–Crippen LogP) is 2.25. The van der Waals surface area contributed by atoms with Gasteiger partial charge in [-0.2, -0.15) is 0 Å². The van der Waals surface area contributed by atoms with Gasteiger partial charge in [0, 0.05) is 24.3 Å². The molecule has 100 valence electrons. The van der Waals surface area contributed by atoms with Gasteiger partial charge in [-0.15, -0.1) is 0 Å². The number of amides is 1. The second kappa shape index (κ2) is 5.87. The van der Waals surface area contributed by atoms with E-state index in [0.29, 0.717) is 24.3 Å². The summed E-state index contributed by atoms with van der Waals surface area (Å²) in [5.74, 6) is -0.0668. The summed E-state index contributed by atoms with van der Waals surface area (Å²) in [7, 11) is 0. The van der Waals surface area contributed by atoms with Crippen molar-refractivity contribution < 1.29 is 14.6 Å². The van der Waals surface area contributed by atoms with Crippen LogP contribution in [0.5, 0.6) is 5.75 Å². The minimum atomic E-state index is -0.394. The van der Waals surface area contributed by atoms with Crippen molar-refractivity contribution >= 4 is 5.91 Å². The molecular formula is C14H21NO3. The summed E-state index contributed by atoms with van der Waals surface area (Å²) in [6.07, 6.45) is 0. The van der Waals surface area contributed by atoms with Crippen LogP contribution < -0.4 is 5.32 Å². The first-order valence-corrected chi connectivity index (χ1v) is 6.08. The fourth-order valence-corrected chi connectivity index (χ4v) is 1.70. The monoisotopic (exact) mass is 251 g/mol. The summed E-state index contributed by atoms with van der Waals surface area (Å²) < 4.78 is 5.51. The SMILES string of the molecule is CCOC(C)(C)CNC(=O)c1cccc(O)c1C. The lowest BCUT2D eigenvalue weighted by molar-refractivity contribution is -0.00816. The van der Waals surface area contributed by atoms with E-state index in [9.17, 15) is 9.90 Å². The average molecular weight is 251 g/mol. The first-order chi connectivity index (χ1) is 8.37. The molecule has 2 N–H and O–H groups in total. The lowest BCUT2D eigenvalue weighted by Gasteiger charge is -2.25. The average Bonchev–Trinajstić information content (AvgIpc) is 2.30. The Labute approximate surface area is 108 Å². The number of carbonyl (C=O) groups excluding carboxylic acids is 1. The Morgan fingerprint density at radius 3 is 2.72 bits per heavy atom. The highest BCUT2D eigenvalue weighted by Crippen LogP contribution is 2.19. The number of nitrogens with one attached hydrogen (secondary N) is 1. The molecule has 1 aromatic carbocycles. The van der Waals surface area contributed by atoms with E-state index in [0.717, 1.165) is 0 Å². The van der Waals surface area contributed by atoms with Crippen LogP contribution in [0.3, 0.4) is 0 Å². The van der Waals surface area contributed by atoms with Gasteiger partial charge in [0.05, 0.1) is 5.60 Å². The van der Waals surface area contributed by atoms with E-state index in [1.807, 2.05) is 20.8 Å². The van der Waals surface area contributed by atoms with Gasteiger partial charge in [-0.1, -0.05) is 6.07 Å². The summed E-state index contributed by atoms with van der Waals surface area (Å²) in [4.78, 5) is 12.0. The number of benzene rings is 1. The Balaban J connectivity index is 2.69. The molecule has 0 spiro atoms. The molecule has 0 saturated heterocycles. The number of carbonyl (C=O) groups is 1. The topological polar surface area (TPSA) is 58.6 Å². The van der Waals surface area contributed by atoms with Crippen LogP contribution in [-0.4, -0.2) is 29.8 Å². The molecule has 1 aromatic rings. The van der Waals surface area contributed by atoms with Gasteiger partial charge in [-0.25, -0.2) is 0 Å². The van der Waals surface area contributed by atoms with E-state index in [1.165, 1.54) is 0 Å². The van der Waals surface area contributed by atoms with Gasteiger partial charge in [0.1, 0.15) is 5.75 Å². The van der Waals surface area contributed by atoms with Crippen molar-refractivity contribution in [3.63, 3.8) is 0 Å². The van der Waals surface area contributed by atoms with Crippen molar-refractivity contribution in [1.29, 1.82) is 0 Å². The second-order valence-electron chi connectivity index (χ2n) is 4.83. The highest BCUT2D eigenvalue weighted by molar-refractivity contribution is 5.96. The van der Waals surface area contributed by atoms with Crippen molar-refractivity contribution in [2.75, 3.05) is 13.2 Å². The quantitative estimate of drug-likeness (QED) is 0.843. The number of phenols is 1. The van der Waals surface area contributed by atoms with E-state index in [-0.39, 0.29) is 11.7 Å². The van der Waals surface area contributed by atoms with Crippen molar-refractivity contribution in [2.24, 2.45) is 0 Å². The van der Waals surface area contributed by atoms with Crippen LogP contribution in [0.4, 0.5) is 0 Å². The number of rotatable bonds is 5. The number of aromatic hydroxyl groups is 1. The summed E-state index contributed by atoms with van der Waals surface area (Å²) >= 11 is 0. The molecule has 4 nitrogen and oxygen atoms in total. The highest BCUT2D eigenvalue weighted by Gasteiger charge is 2.20. The van der Waals surface area contributed by atoms with Crippen LogP contribution >= 0.6 is 0 Å². The fraction of sp³-hybridized carbons (Fsp3) is 0.500. The van der Waals surface area contributed by atoms with Crippen LogP contribution in [-0.2, 0) is 4.74 Å². The smallest absolute Gasteiger partial charge is 0.251 e. The minimum absolute atomic E-state index is 0.131. The zero-order valence-electron chi connectivity index (χ0n) is 11.4. The summed E-state index contributed by atoms with van der Waals surface area (Å²) in [5, 5.41) is 12.4. The molecule has 0 bridgehead atoms. The number of hydrogen-bond donors (Lipinski definition) is 2. The molecule has 0 fully saturated rings. The van der Waals surface area contributed by atoms with Crippen LogP contribution in [0.1, 0.15) is 36.7 Å². The Morgan fingerprint density at radius 1 is 1.44 bits per heavy atom. The maximum Gasteiger partial charge on any atom is 0.251 e. The minimum Gasteiger partial charge on any atom is -0.508 e. The summed E-state index contributed by atoms with van der Waals surface area (Å²) in [5.41, 5.74) is 0.682. The fourth-order valence-electron chi connectivity index (χ4n) is 1.70. The normalized spacial score (nSPS) is 11.3. The van der Waals surface area contributed by atoms with Crippen molar-refractivity contribution in [1.82, 2.24) is 5.32 Å². The third kappa shape index (κ3) is 3.74. The van der Waals surface area contributed by atoms with Crippen LogP contribution in [0, 0.1) is 6.92 Å². The Bertz CT molecular complexity index is 427. The Kier molecular flexibility index (Phi) is 4.73. The molecule has 0 aliphatic rings. The third-order valence-corrected chi connectivity index (χ3v) is 2.76. The van der Waals surface area contributed by atoms with Crippen LogP contribution in [0.15, 0.2) is 18.2 Å². The molecule has 0 heterocycles. The van der Waals surface area contributed by atoms with Gasteiger partial charge >= 0.3 is 0 Å². The predicted molar refractivity (Wildman–Crippen MR) is 70.9 cm³/mol. The van der Waals surface area contributed by atoms with Gasteiger partial charge in [0.15, 0.2) is 0 Å². The first kappa shape index (κ1) is 14.5. The van der Waals surface area contributed by atoms with E-state index >= 15 is 0 Å². The number of ether oxygens (including phenoxy) is 1. The molecular weight excluding hydrogens is 230 g/mol. The molecule has 0 unspecified atom stereocenters. The van der Waals surface area contributed by atoms with Gasteiger partial charge in [-0.05, 0) is 39.8 Å². The van der Waals surface area contributed by atoms with Crippen LogP contribution in [0.2, 0.25) is 0 Å². The molecule has 1 amide bonds. The largest absolute Gasteiger partial charge is 0.508 e. The summed E-state index contributed by atoms with van der Waals surface area (Å²) in [6.45, 7) is 8.52. The molecule has 4 heteroatoms. The van der Waals surface area contributed by atoms with E-state index < -0.39 is 5.60 Å². The number of phenolic OH excluding ortho intramolecular Hbond substituents is 1. The molecule has 0 saturated carbocycles. The molecule has 0 aliphatic heterocycles. The maximum absolute atomic E-state index is 12.0.